The molecule has 1 saturated heterocycles. The zero-order valence-corrected chi connectivity index (χ0v) is 18.9. The van der Waals surface area contributed by atoms with Crippen LogP contribution in [0.5, 0.6) is 0 Å². The number of halogens is 1. The van der Waals surface area contributed by atoms with Gasteiger partial charge in [-0.05, 0) is 76.4 Å². The number of benzene rings is 3. The Morgan fingerprint density at radius 2 is 1.83 bits per heavy atom. The monoisotopic (exact) mass is 468 g/mol. The molecule has 2 amide bonds. The second-order valence-electron chi connectivity index (χ2n) is 8.87. The first-order valence-corrected chi connectivity index (χ1v) is 11.4. The highest BCUT2D eigenvalue weighted by atomic mass is 19.1. The molecular weight excluding hydrogens is 447 g/mol. The maximum Gasteiger partial charge on any atom is 0.229 e. The van der Waals surface area contributed by atoms with Crippen LogP contribution in [-0.4, -0.2) is 38.6 Å². The Kier molecular flexibility index (Phi) is 4.91. The van der Waals surface area contributed by atoms with Crippen molar-refractivity contribution in [3.8, 4) is 16.8 Å². The highest BCUT2D eigenvalue weighted by Gasteiger charge is 2.36. The van der Waals surface area contributed by atoms with Crippen LogP contribution in [0.2, 0.25) is 0 Å². The number of aromatic nitrogens is 4. The molecule has 1 fully saturated rings. The van der Waals surface area contributed by atoms with Gasteiger partial charge < -0.3 is 10.2 Å². The van der Waals surface area contributed by atoms with Crippen molar-refractivity contribution in [1.82, 2.24) is 20.2 Å². The SMILES string of the molecule is Cc1nnnn1-c1ccc(F)c(NC(=O)C2CC(=O)N(c3ccc4c(c3)Cc3ccccc3-4)C2)c1. The number of amides is 2. The summed E-state index contributed by atoms with van der Waals surface area (Å²) < 4.78 is 15.9. The molecule has 2 heterocycles. The molecule has 1 aliphatic carbocycles. The number of carbonyl (C=O) groups is 2. The Morgan fingerprint density at radius 3 is 2.66 bits per heavy atom. The van der Waals surface area contributed by atoms with Crippen molar-refractivity contribution >= 4 is 23.2 Å². The van der Waals surface area contributed by atoms with Crippen molar-refractivity contribution in [2.75, 3.05) is 16.8 Å². The van der Waals surface area contributed by atoms with Gasteiger partial charge in [-0.25, -0.2) is 4.39 Å². The number of nitrogens with zero attached hydrogens (tertiary/aromatic N) is 5. The summed E-state index contributed by atoms with van der Waals surface area (Å²) in [4.78, 5) is 27.5. The number of tetrazole rings is 1. The number of carbonyl (C=O) groups excluding carboxylic acids is 2. The lowest BCUT2D eigenvalue weighted by Crippen LogP contribution is -2.28. The third-order valence-electron chi connectivity index (χ3n) is 6.66. The molecule has 8 nitrogen and oxygen atoms in total. The zero-order valence-electron chi connectivity index (χ0n) is 18.9. The number of anilines is 2. The maximum absolute atomic E-state index is 14.5. The Balaban J connectivity index is 1.19. The van der Waals surface area contributed by atoms with Gasteiger partial charge in [-0.1, -0.05) is 30.3 Å². The Morgan fingerprint density at radius 1 is 1.03 bits per heavy atom. The minimum atomic E-state index is -0.592. The Labute approximate surface area is 200 Å². The van der Waals surface area contributed by atoms with E-state index in [0.717, 1.165) is 12.1 Å². The van der Waals surface area contributed by atoms with E-state index in [4.69, 9.17) is 0 Å². The quantitative estimate of drug-likeness (QED) is 0.435. The maximum atomic E-state index is 14.5. The summed E-state index contributed by atoms with van der Waals surface area (Å²) in [6.45, 7) is 1.96. The van der Waals surface area contributed by atoms with E-state index in [9.17, 15) is 14.0 Å². The van der Waals surface area contributed by atoms with Gasteiger partial charge in [0.05, 0.1) is 17.3 Å². The van der Waals surface area contributed by atoms with Gasteiger partial charge in [0.1, 0.15) is 5.82 Å². The topological polar surface area (TPSA) is 93.0 Å². The molecule has 1 atom stereocenters. The van der Waals surface area contributed by atoms with Gasteiger partial charge in [0.2, 0.25) is 11.8 Å². The van der Waals surface area contributed by atoms with E-state index in [-0.39, 0.29) is 24.6 Å². The van der Waals surface area contributed by atoms with Crippen LogP contribution in [0.3, 0.4) is 0 Å². The lowest BCUT2D eigenvalue weighted by molar-refractivity contribution is -0.122. The molecule has 0 saturated carbocycles. The van der Waals surface area contributed by atoms with Gasteiger partial charge in [0, 0.05) is 18.7 Å². The van der Waals surface area contributed by atoms with Crippen molar-refractivity contribution < 1.29 is 14.0 Å². The van der Waals surface area contributed by atoms with Crippen LogP contribution in [0, 0.1) is 18.7 Å². The largest absolute Gasteiger partial charge is 0.323 e. The first kappa shape index (κ1) is 21.2. The average molecular weight is 468 g/mol. The molecule has 1 unspecified atom stereocenters. The van der Waals surface area contributed by atoms with Crippen molar-refractivity contribution in [1.29, 1.82) is 0 Å². The molecular formula is C26H21FN6O2. The van der Waals surface area contributed by atoms with Crippen LogP contribution in [0.15, 0.2) is 60.7 Å². The Bertz CT molecular complexity index is 1500. The third-order valence-corrected chi connectivity index (χ3v) is 6.66. The summed E-state index contributed by atoms with van der Waals surface area (Å²) in [5.41, 5.74) is 6.15. The van der Waals surface area contributed by atoms with Crippen LogP contribution >= 0.6 is 0 Å². The molecule has 0 bridgehead atoms. The molecule has 174 valence electrons. The standard InChI is InChI=1S/C26H21FN6O2/c1-15-29-30-31-33(15)20-7-9-23(27)24(13-20)28-26(35)18-12-25(34)32(14-18)19-6-8-22-17(11-19)10-16-4-2-3-5-21(16)22/h2-9,11,13,18H,10,12,14H2,1H3,(H,28,35). The van der Waals surface area contributed by atoms with Gasteiger partial charge in [0.25, 0.3) is 0 Å². The minimum Gasteiger partial charge on any atom is -0.323 e. The lowest BCUT2D eigenvalue weighted by atomic mass is 10.1. The van der Waals surface area contributed by atoms with Gasteiger partial charge >= 0.3 is 0 Å². The molecule has 35 heavy (non-hydrogen) atoms. The average Bonchev–Trinajstić information content (AvgIpc) is 3.56. The van der Waals surface area contributed by atoms with Crippen molar-refractivity contribution in [2.45, 2.75) is 19.8 Å². The number of nitrogens with one attached hydrogen (secondary N) is 1. The van der Waals surface area contributed by atoms with Gasteiger partial charge in [-0.2, -0.15) is 4.68 Å². The molecule has 3 aromatic carbocycles. The van der Waals surface area contributed by atoms with E-state index >= 15 is 0 Å². The van der Waals surface area contributed by atoms with Crippen LogP contribution in [-0.2, 0) is 16.0 Å². The van der Waals surface area contributed by atoms with Gasteiger partial charge in [-0.3, -0.25) is 9.59 Å². The lowest BCUT2D eigenvalue weighted by Gasteiger charge is -2.18. The predicted molar refractivity (Wildman–Crippen MR) is 128 cm³/mol. The summed E-state index contributed by atoms with van der Waals surface area (Å²) in [6.07, 6.45) is 0.887. The molecule has 0 radical (unpaired) electrons. The first-order valence-electron chi connectivity index (χ1n) is 11.4. The van der Waals surface area contributed by atoms with Crippen molar-refractivity contribution in [3.63, 3.8) is 0 Å². The van der Waals surface area contributed by atoms with E-state index in [0.29, 0.717) is 11.5 Å². The molecule has 1 N–H and O–H groups in total. The smallest absolute Gasteiger partial charge is 0.229 e. The summed E-state index contributed by atoms with van der Waals surface area (Å²) >= 11 is 0. The second-order valence-corrected chi connectivity index (χ2v) is 8.87. The van der Waals surface area contributed by atoms with Crippen LogP contribution in [0.25, 0.3) is 16.8 Å². The van der Waals surface area contributed by atoms with Crippen LogP contribution < -0.4 is 10.2 Å². The molecule has 0 spiro atoms. The second kappa shape index (κ2) is 8.12. The van der Waals surface area contributed by atoms with Gasteiger partial charge in [-0.15, -0.1) is 5.10 Å². The summed E-state index contributed by atoms with van der Waals surface area (Å²) in [6, 6.07) is 18.5. The fraction of sp³-hybridized carbons (Fsp3) is 0.192. The molecule has 1 aliphatic heterocycles. The summed E-state index contributed by atoms with van der Waals surface area (Å²) in [7, 11) is 0. The summed E-state index contributed by atoms with van der Waals surface area (Å²) in [5.74, 6) is -1.17. The van der Waals surface area contributed by atoms with E-state index in [1.54, 1.807) is 11.8 Å². The van der Waals surface area contributed by atoms with E-state index < -0.39 is 17.6 Å². The van der Waals surface area contributed by atoms with E-state index in [2.05, 4.69) is 33.0 Å². The number of rotatable bonds is 4. The predicted octanol–water partition coefficient (Wildman–Crippen LogP) is 3.67. The molecule has 4 aromatic rings. The summed E-state index contributed by atoms with van der Waals surface area (Å²) in [5, 5.41) is 13.9. The van der Waals surface area contributed by atoms with Crippen molar-refractivity contribution in [3.05, 3.63) is 83.4 Å². The number of aryl methyl sites for hydroxylation is 1. The number of hydrogen-bond acceptors (Lipinski definition) is 5. The molecule has 2 aliphatic rings. The van der Waals surface area contributed by atoms with Crippen LogP contribution in [0.4, 0.5) is 15.8 Å². The van der Waals surface area contributed by atoms with Crippen molar-refractivity contribution in [2.24, 2.45) is 5.92 Å². The van der Waals surface area contributed by atoms with Crippen LogP contribution in [0.1, 0.15) is 23.4 Å². The minimum absolute atomic E-state index is 0.0172. The molecule has 9 heteroatoms. The first-order chi connectivity index (χ1) is 17.0. The van der Waals surface area contributed by atoms with E-state index in [1.807, 2.05) is 30.3 Å². The highest BCUT2D eigenvalue weighted by molar-refractivity contribution is 6.04. The highest BCUT2D eigenvalue weighted by Crippen LogP contribution is 2.39. The fourth-order valence-electron chi connectivity index (χ4n) is 4.88. The molecule has 1 aromatic heterocycles. The van der Waals surface area contributed by atoms with E-state index in [1.165, 1.54) is 45.1 Å². The zero-order chi connectivity index (χ0) is 24.1. The Hall–Kier alpha value is -4.40. The normalized spacial score (nSPS) is 16.3. The third kappa shape index (κ3) is 3.65. The number of hydrogen-bond donors (Lipinski definition) is 1. The molecule has 6 rings (SSSR count). The van der Waals surface area contributed by atoms with Gasteiger partial charge in [0.15, 0.2) is 5.82 Å². The number of fused-ring (bicyclic) bond motifs is 3. The fourth-order valence-corrected chi connectivity index (χ4v) is 4.88.